The van der Waals surface area contributed by atoms with E-state index in [1.54, 1.807) is 43.3 Å². The number of phenolic OH excluding ortho intramolecular Hbond substituents is 1. The molecule has 7 rings (SSSR count). The Morgan fingerprint density at radius 1 is 0.915 bits per heavy atom. The Morgan fingerprint density at radius 2 is 1.64 bits per heavy atom. The lowest BCUT2D eigenvalue weighted by molar-refractivity contribution is -0.131. The van der Waals surface area contributed by atoms with Gasteiger partial charge >= 0.3 is 5.97 Å². The number of para-hydroxylation sites is 1. The Bertz CT molecular complexity index is 1940. The Balaban J connectivity index is 1.37. The number of aromatic carboxylic acids is 1. The third kappa shape index (κ3) is 4.22. The van der Waals surface area contributed by atoms with Gasteiger partial charge in [-0.3, -0.25) is 19.2 Å². The average molecular weight is 657 g/mol. The normalized spacial score (nSPS) is 28.1. The lowest BCUT2D eigenvalue weighted by atomic mass is 9.51. The molecule has 0 bridgehead atoms. The number of ether oxygens (including phenoxy) is 1. The van der Waals surface area contributed by atoms with E-state index in [9.17, 15) is 39.3 Å². The molecule has 4 amide bonds. The number of hydrogen-bond donors (Lipinski definition) is 3. The Morgan fingerprint density at radius 3 is 2.30 bits per heavy atom. The van der Waals surface area contributed by atoms with E-state index >= 15 is 0 Å². The first-order valence-corrected chi connectivity index (χ1v) is 15.4. The summed E-state index contributed by atoms with van der Waals surface area (Å²) in [4.78, 5) is 70.4. The minimum atomic E-state index is -1.36. The molecule has 2 aliphatic heterocycles. The lowest BCUT2D eigenvalue weighted by Crippen LogP contribution is -2.48. The molecule has 0 aromatic heterocycles. The maximum absolute atomic E-state index is 14.5. The van der Waals surface area contributed by atoms with E-state index in [-0.39, 0.29) is 40.6 Å². The molecule has 47 heavy (non-hydrogen) atoms. The smallest absolute Gasteiger partial charge is 0.339 e. The molecule has 0 spiro atoms. The van der Waals surface area contributed by atoms with Gasteiger partial charge in [-0.25, -0.2) is 14.6 Å². The van der Waals surface area contributed by atoms with E-state index in [1.807, 2.05) is 6.08 Å². The maximum Gasteiger partial charge on any atom is 0.339 e. The SMILES string of the molecule is COc1cc(C2C3=CCC4C(=O)N(c5ccc(C(=O)O)c(O)c5)C(=O)C4C3CC3C(=O)N(c4ccccc4)C(=O)C32C)cc(Cl)c1O. The van der Waals surface area contributed by atoms with Gasteiger partial charge in [0.2, 0.25) is 23.6 Å². The van der Waals surface area contributed by atoms with E-state index in [0.717, 1.165) is 17.0 Å². The van der Waals surface area contributed by atoms with Crippen LogP contribution in [0.1, 0.15) is 41.6 Å². The summed E-state index contributed by atoms with van der Waals surface area (Å²) in [6.45, 7) is 1.74. The van der Waals surface area contributed by atoms with Crippen LogP contribution >= 0.6 is 11.6 Å². The topological polar surface area (TPSA) is 162 Å². The largest absolute Gasteiger partial charge is 0.507 e. The van der Waals surface area contributed by atoms with Gasteiger partial charge in [0, 0.05) is 12.0 Å². The van der Waals surface area contributed by atoms with Gasteiger partial charge in [0.05, 0.1) is 46.7 Å². The van der Waals surface area contributed by atoms with Crippen LogP contribution < -0.4 is 14.5 Å². The highest BCUT2D eigenvalue weighted by Crippen LogP contribution is 2.64. The molecule has 3 aromatic carbocycles. The molecule has 6 atom stereocenters. The highest BCUT2D eigenvalue weighted by molar-refractivity contribution is 6.32. The zero-order valence-electron chi connectivity index (χ0n) is 25.2. The van der Waals surface area contributed by atoms with Crippen molar-refractivity contribution in [2.75, 3.05) is 16.9 Å². The number of carboxylic acids is 1. The van der Waals surface area contributed by atoms with Crippen LogP contribution in [0.2, 0.25) is 5.02 Å². The zero-order valence-corrected chi connectivity index (χ0v) is 26.0. The number of nitrogens with zero attached hydrogens (tertiary/aromatic N) is 2. The predicted octanol–water partition coefficient (Wildman–Crippen LogP) is 4.89. The summed E-state index contributed by atoms with van der Waals surface area (Å²) < 4.78 is 5.39. The molecule has 3 N–H and O–H groups in total. The van der Waals surface area contributed by atoms with E-state index in [4.69, 9.17) is 16.3 Å². The van der Waals surface area contributed by atoms with Gasteiger partial charge in [-0.2, -0.15) is 0 Å². The number of carbonyl (C=O) groups excluding carboxylic acids is 4. The van der Waals surface area contributed by atoms with Crippen LogP contribution in [0.3, 0.4) is 0 Å². The number of phenols is 2. The number of rotatable bonds is 5. The summed E-state index contributed by atoms with van der Waals surface area (Å²) >= 11 is 6.46. The van der Waals surface area contributed by atoms with Gasteiger partial charge < -0.3 is 20.1 Å². The van der Waals surface area contributed by atoms with E-state index in [2.05, 4.69) is 0 Å². The molecule has 1 saturated carbocycles. The highest BCUT2D eigenvalue weighted by Gasteiger charge is 2.67. The maximum atomic E-state index is 14.5. The number of fused-ring (bicyclic) bond motifs is 4. The second-order valence-electron chi connectivity index (χ2n) is 12.6. The van der Waals surface area contributed by atoms with Crippen molar-refractivity contribution in [2.24, 2.45) is 29.1 Å². The van der Waals surface area contributed by atoms with Crippen molar-refractivity contribution < 1.29 is 44.0 Å². The van der Waals surface area contributed by atoms with Crippen LogP contribution in [0.15, 0.2) is 72.3 Å². The fraction of sp³-hybridized carbons (Fsp3) is 0.286. The van der Waals surface area contributed by atoms with Crippen molar-refractivity contribution in [2.45, 2.75) is 25.7 Å². The lowest BCUT2D eigenvalue weighted by Gasteiger charge is -2.49. The number of halogens is 1. The molecular weight excluding hydrogens is 628 g/mol. The molecule has 240 valence electrons. The molecular formula is C35H29ClN2O9. The molecule has 6 unspecified atom stereocenters. The fourth-order valence-corrected chi connectivity index (χ4v) is 8.45. The monoisotopic (exact) mass is 656 g/mol. The fourth-order valence-electron chi connectivity index (χ4n) is 8.23. The number of methoxy groups -OCH3 is 1. The number of amides is 4. The molecule has 2 saturated heterocycles. The molecule has 4 aliphatic rings. The molecule has 2 heterocycles. The second kappa shape index (κ2) is 10.7. The standard InChI is InChI=1S/C35H29ClN2O9/c1-35-23(31(42)38(34(35)46)17-6-4-3-5-7-17)15-22-19(28(35)16-12-24(36)29(40)26(13-16)47-2)10-11-21-27(22)32(43)37(30(21)41)18-8-9-20(33(44)45)25(39)14-18/h3-10,12-14,21-23,27-28,39-40H,11,15H2,1-2H3,(H,44,45). The van der Waals surface area contributed by atoms with Crippen molar-refractivity contribution in [3.63, 3.8) is 0 Å². The molecule has 3 fully saturated rings. The molecule has 3 aromatic rings. The summed E-state index contributed by atoms with van der Waals surface area (Å²) in [5, 5.41) is 30.2. The van der Waals surface area contributed by atoms with E-state index in [0.29, 0.717) is 16.8 Å². The van der Waals surface area contributed by atoms with Crippen LogP contribution in [0.5, 0.6) is 17.2 Å². The second-order valence-corrected chi connectivity index (χ2v) is 13.0. The Kier molecular flexibility index (Phi) is 6.94. The number of carboxylic acid groups (broad SMARTS) is 1. The van der Waals surface area contributed by atoms with Gasteiger partial charge in [-0.15, -0.1) is 0 Å². The van der Waals surface area contributed by atoms with Crippen LogP contribution in [-0.2, 0) is 19.2 Å². The van der Waals surface area contributed by atoms with Crippen molar-refractivity contribution >= 4 is 52.6 Å². The first kappa shape index (κ1) is 30.5. The summed E-state index contributed by atoms with van der Waals surface area (Å²) in [5.74, 6) is -8.01. The summed E-state index contributed by atoms with van der Waals surface area (Å²) in [6.07, 6.45) is 2.15. The third-order valence-corrected chi connectivity index (χ3v) is 10.7. The first-order chi connectivity index (χ1) is 22.4. The molecule has 12 heteroatoms. The predicted molar refractivity (Wildman–Crippen MR) is 168 cm³/mol. The molecule has 0 radical (unpaired) electrons. The van der Waals surface area contributed by atoms with Crippen molar-refractivity contribution in [1.82, 2.24) is 0 Å². The van der Waals surface area contributed by atoms with Gasteiger partial charge in [0.1, 0.15) is 11.3 Å². The first-order valence-electron chi connectivity index (χ1n) is 15.0. The number of imide groups is 2. The van der Waals surface area contributed by atoms with E-state index < -0.39 is 70.4 Å². The summed E-state index contributed by atoms with van der Waals surface area (Å²) in [5.41, 5.74) is -0.0395. The summed E-state index contributed by atoms with van der Waals surface area (Å²) in [7, 11) is 1.37. The number of aromatic hydroxyl groups is 2. The van der Waals surface area contributed by atoms with Crippen LogP contribution in [-0.4, -0.2) is 52.0 Å². The zero-order chi connectivity index (χ0) is 33.5. The number of anilines is 2. The van der Waals surface area contributed by atoms with Crippen LogP contribution in [0.25, 0.3) is 0 Å². The molecule has 11 nitrogen and oxygen atoms in total. The average Bonchev–Trinajstić information content (AvgIpc) is 3.41. The van der Waals surface area contributed by atoms with Gasteiger partial charge in [-0.05, 0) is 67.6 Å². The summed E-state index contributed by atoms with van der Waals surface area (Å²) in [6, 6.07) is 15.2. The third-order valence-electron chi connectivity index (χ3n) is 10.4. The van der Waals surface area contributed by atoms with Crippen LogP contribution in [0.4, 0.5) is 11.4 Å². The number of allylic oxidation sites excluding steroid dienone is 2. The van der Waals surface area contributed by atoms with Gasteiger partial charge in [0.25, 0.3) is 0 Å². The van der Waals surface area contributed by atoms with Crippen molar-refractivity contribution in [3.8, 4) is 17.2 Å². The molecule has 2 aliphatic carbocycles. The Labute approximate surface area is 273 Å². The quantitative estimate of drug-likeness (QED) is 0.256. The number of hydrogen-bond acceptors (Lipinski definition) is 8. The van der Waals surface area contributed by atoms with Crippen molar-refractivity contribution in [3.05, 3.63) is 88.5 Å². The van der Waals surface area contributed by atoms with Crippen molar-refractivity contribution in [1.29, 1.82) is 0 Å². The van der Waals surface area contributed by atoms with Gasteiger partial charge in [-0.1, -0.05) is 41.4 Å². The van der Waals surface area contributed by atoms with E-state index in [1.165, 1.54) is 24.1 Å². The number of carbonyl (C=O) groups is 5. The van der Waals surface area contributed by atoms with Crippen LogP contribution in [0, 0.1) is 29.1 Å². The number of benzene rings is 3. The minimum Gasteiger partial charge on any atom is -0.507 e. The minimum absolute atomic E-state index is 0.0180. The Hall–Kier alpha value is -5.16. The van der Waals surface area contributed by atoms with Gasteiger partial charge in [0.15, 0.2) is 11.5 Å². The highest BCUT2D eigenvalue weighted by atomic mass is 35.5.